The molecule has 0 aliphatic carbocycles. The third kappa shape index (κ3) is 9.71. The first-order chi connectivity index (χ1) is 36.2. The van der Waals surface area contributed by atoms with E-state index < -0.39 is 35.7 Å². The lowest BCUT2D eigenvalue weighted by atomic mass is 9.87. The van der Waals surface area contributed by atoms with Gasteiger partial charge in [-0.25, -0.2) is 0 Å². The molecule has 4 aliphatic rings. The number of hydrogen-bond donors (Lipinski definition) is 2. The number of likely N-dealkylation sites (tertiary alicyclic amines) is 2. The van der Waals surface area contributed by atoms with Crippen LogP contribution in [0.1, 0.15) is 45.6 Å². The Morgan fingerprint density at radius 2 is 0.920 bits per heavy atom. The number of benzene rings is 6. The zero-order valence-corrected chi connectivity index (χ0v) is 40.1. The van der Waals surface area contributed by atoms with E-state index in [1.807, 2.05) is 48.5 Å². The Morgan fingerprint density at radius 1 is 0.507 bits per heavy atom. The van der Waals surface area contributed by atoms with Gasteiger partial charge < -0.3 is 33.9 Å². The number of halogens is 6. The number of phenolic OH excluding ortho intramolecular Hbond substituents is 2. The molecule has 2 atom stereocenters. The van der Waals surface area contributed by atoms with Crippen molar-refractivity contribution in [2.45, 2.75) is 24.6 Å². The molecule has 6 aromatic carbocycles. The molecule has 2 fully saturated rings. The summed E-state index contributed by atoms with van der Waals surface area (Å²) in [5, 5.41) is 21.7. The van der Waals surface area contributed by atoms with Crippen molar-refractivity contribution in [3.8, 4) is 56.8 Å². The van der Waals surface area contributed by atoms with E-state index in [-0.39, 0.29) is 23.0 Å². The second kappa shape index (κ2) is 19.3. The van der Waals surface area contributed by atoms with E-state index in [9.17, 15) is 36.6 Å². The highest BCUT2D eigenvalue weighted by Gasteiger charge is 2.38. The quantitative estimate of drug-likeness (QED) is 0.101. The molecular weight excluding hydrogens is 979 g/mol. The number of aromatic nitrogens is 2. The fourth-order valence-electron chi connectivity index (χ4n) is 10.7. The van der Waals surface area contributed by atoms with Crippen LogP contribution in [0.25, 0.3) is 44.1 Å². The van der Waals surface area contributed by atoms with Crippen LogP contribution in [0.2, 0.25) is 0 Å². The Morgan fingerprint density at radius 3 is 1.32 bits per heavy atom. The van der Waals surface area contributed by atoms with Crippen LogP contribution in [-0.2, 0) is 17.1 Å². The van der Waals surface area contributed by atoms with E-state index in [0.29, 0.717) is 83.0 Å². The van der Waals surface area contributed by atoms with Gasteiger partial charge in [-0.3, -0.25) is 19.8 Å². The van der Waals surface area contributed by atoms with Gasteiger partial charge in [0.2, 0.25) is 0 Å². The van der Waals surface area contributed by atoms with Crippen molar-refractivity contribution in [1.29, 1.82) is 0 Å². The second-order valence-electron chi connectivity index (χ2n) is 19.6. The molecule has 0 radical (unpaired) electrons. The fraction of sp³-hybridized carbons (Fsp3) is 0.276. The summed E-state index contributed by atoms with van der Waals surface area (Å²) in [7, 11) is 0. The Labute approximate surface area is 426 Å². The summed E-state index contributed by atoms with van der Waals surface area (Å²) in [5.74, 6) is 2.56. The third-order valence-corrected chi connectivity index (χ3v) is 14.5. The van der Waals surface area contributed by atoms with Crippen molar-refractivity contribution in [3.05, 3.63) is 167 Å². The number of fused-ring (bicyclic) bond motifs is 10. The van der Waals surface area contributed by atoms with E-state index in [4.69, 9.17) is 23.7 Å². The van der Waals surface area contributed by atoms with Gasteiger partial charge in [0.15, 0.2) is 12.2 Å². The number of rotatable bonds is 14. The lowest BCUT2D eigenvalue weighted by molar-refractivity contribution is -0.138. The van der Waals surface area contributed by atoms with E-state index in [0.717, 1.165) is 96.6 Å². The molecule has 0 saturated carbocycles. The van der Waals surface area contributed by atoms with Crippen LogP contribution < -0.4 is 18.9 Å². The van der Waals surface area contributed by atoms with Crippen LogP contribution in [0, 0.1) is 11.8 Å². The summed E-state index contributed by atoms with van der Waals surface area (Å²) in [6.45, 7) is 7.55. The standard InChI is InChI=1S/C58H48F6N4O7/c59-57(60,61)37-5-13-43-47-25-65-49-23-39(69)7-15-45(49)53(47)55(74-51(43)21-37)35-1-9-41(10-2-35)72-19-17-67-27-33(28-67)31-71-32-34-29-68(30-34)18-20-73-42-11-3-36(4-12-42)56-54-46-16-8-40(70)24-50(46)66-26-48(54)44-14-6-38(58(62,63)64)22-52(44)75-56/h1-16,21-26,33-34,55-56,69-70H,17-20,27-32H2/t55-,56-/m1/s1. The number of alkyl halides is 6. The lowest BCUT2D eigenvalue weighted by Crippen LogP contribution is -2.52. The third-order valence-electron chi connectivity index (χ3n) is 14.5. The Bertz CT molecular complexity index is 3210. The van der Waals surface area contributed by atoms with Gasteiger partial charge >= 0.3 is 12.4 Å². The van der Waals surface area contributed by atoms with Crippen molar-refractivity contribution in [1.82, 2.24) is 19.8 Å². The van der Waals surface area contributed by atoms with Crippen LogP contribution in [-0.4, -0.2) is 95.7 Å². The number of hydrogen-bond acceptors (Lipinski definition) is 11. The highest BCUT2D eigenvalue weighted by Crippen LogP contribution is 2.51. The fourth-order valence-corrected chi connectivity index (χ4v) is 10.7. The van der Waals surface area contributed by atoms with Crippen molar-refractivity contribution in [2.24, 2.45) is 11.8 Å². The Balaban J connectivity index is 0.572. The minimum Gasteiger partial charge on any atom is -0.508 e. The van der Waals surface area contributed by atoms with E-state index in [1.165, 1.54) is 12.1 Å². The van der Waals surface area contributed by atoms with Crippen molar-refractivity contribution >= 4 is 21.8 Å². The van der Waals surface area contributed by atoms with Crippen molar-refractivity contribution in [2.75, 3.05) is 65.7 Å². The molecule has 12 rings (SSSR count). The first-order valence-corrected chi connectivity index (χ1v) is 24.7. The summed E-state index contributed by atoms with van der Waals surface area (Å²) in [5.41, 5.74) is 4.77. The normalized spacial score (nSPS) is 17.7. The molecule has 11 nitrogen and oxygen atoms in total. The van der Waals surface area contributed by atoms with Gasteiger partial charge in [-0.2, -0.15) is 26.3 Å². The maximum atomic E-state index is 13.7. The van der Waals surface area contributed by atoms with Gasteiger partial charge in [0.25, 0.3) is 0 Å². The van der Waals surface area contributed by atoms with Crippen molar-refractivity contribution < 1.29 is 60.2 Å². The van der Waals surface area contributed by atoms with Crippen LogP contribution >= 0.6 is 0 Å². The Hall–Kier alpha value is -7.60. The molecule has 384 valence electrons. The molecule has 0 unspecified atom stereocenters. The molecule has 75 heavy (non-hydrogen) atoms. The van der Waals surface area contributed by atoms with Gasteiger partial charge in [0.05, 0.1) is 35.4 Å². The van der Waals surface area contributed by atoms with E-state index in [1.54, 1.807) is 48.8 Å². The SMILES string of the molecule is Oc1ccc2c3c(cnc2c1)-c1ccc(C(F)(F)F)cc1O[C@@H]3c1ccc(OCCN2CC(COCC3CN(CCOc4ccc([C@H]5Oc6cc(C(F)(F)F)ccc6-c6cnc7cc(O)ccc7c65)cc4)C3)C2)cc1. The maximum absolute atomic E-state index is 13.7. The van der Waals surface area contributed by atoms with Crippen LogP contribution in [0.3, 0.4) is 0 Å². The van der Waals surface area contributed by atoms with E-state index in [2.05, 4.69) is 19.8 Å². The zero-order valence-electron chi connectivity index (χ0n) is 40.1. The largest absolute Gasteiger partial charge is 0.508 e. The topological polar surface area (TPSA) is 119 Å². The van der Waals surface area contributed by atoms with E-state index >= 15 is 0 Å². The summed E-state index contributed by atoms with van der Waals surface area (Å²) < 4.78 is 113. The first-order valence-electron chi connectivity index (χ1n) is 24.7. The Kier molecular flexibility index (Phi) is 12.4. The number of phenols is 2. The van der Waals surface area contributed by atoms with Crippen LogP contribution in [0.4, 0.5) is 26.3 Å². The maximum Gasteiger partial charge on any atom is 0.416 e. The number of aromatic hydroxyl groups is 2. The minimum absolute atomic E-state index is 0.0521. The average Bonchev–Trinajstić information content (AvgIpc) is 3.37. The molecule has 4 aliphatic heterocycles. The predicted octanol–water partition coefficient (Wildman–Crippen LogP) is 11.9. The highest BCUT2D eigenvalue weighted by atomic mass is 19.4. The molecule has 17 heteroatoms. The summed E-state index contributed by atoms with van der Waals surface area (Å²) in [6.07, 6.45) is -7.31. The molecule has 0 amide bonds. The zero-order chi connectivity index (χ0) is 51.6. The lowest BCUT2D eigenvalue weighted by Gasteiger charge is -2.41. The van der Waals surface area contributed by atoms with Crippen LogP contribution in [0.15, 0.2) is 134 Å². The molecular formula is C58H48F6N4O7. The van der Waals surface area contributed by atoms with Gasteiger partial charge in [-0.15, -0.1) is 0 Å². The predicted molar refractivity (Wildman–Crippen MR) is 267 cm³/mol. The molecule has 2 aromatic heterocycles. The number of pyridine rings is 2. The minimum atomic E-state index is -4.54. The molecule has 0 bridgehead atoms. The number of nitrogens with zero attached hydrogens (tertiary/aromatic N) is 4. The summed E-state index contributed by atoms with van der Waals surface area (Å²) in [4.78, 5) is 13.7. The van der Waals surface area contributed by atoms with Gasteiger partial charge in [-0.05, 0) is 96.1 Å². The van der Waals surface area contributed by atoms with Crippen molar-refractivity contribution in [3.63, 3.8) is 0 Å². The molecule has 6 heterocycles. The molecule has 2 saturated heterocycles. The molecule has 2 N–H and O–H groups in total. The van der Waals surface area contributed by atoms with Gasteiger partial charge in [-0.1, -0.05) is 24.3 Å². The molecule has 0 spiro atoms. The monoisotopic (exact) mass is 1030 g/mol. The first kappa shape index (κ1) is 48.3. The second-order valence-corrected chi connectivity index (χ2v) is 19.6. The number of ether oxygens (including phenoxy) is 5. The van der Waals surface area contributed by atoms with Crippen LogP contribution in [0.5, 0.6) is 34.5 Å². The highest BCUT2D eigenvalue weighted by molar-refractivity contribution is 5.94. The van der Waals surface area contributed by atoms with Gasteiger partial charge in [0, 0.05) is 120 Å². The smallest absolute Gasteiger partial charge is 0.416 e. The average molecular weight is 1030 g/mol. The summed E-state index contributed by atoms with van der Waals surface area (Å²) >= 11 is 0. The van der Waals surface area contributed by atoms with Gasteiger partial charge in [0.1, 0.15) is 47.7 Å². The summed E-state index contributed by atoms with van der Waals surface area (Å²) in [6, 6.07) is 31.4. The molecule has 8 aromatic rings.